The molecule has 2 aliphatic carbocycles. The lowest BCUT2D eigenvalue weighted by molar-refractivity contribution is 0.0693. The van der Waals surface area contributed by atoms with Gasteiger partial charge in [-0.15, -0.1) is 0 Å². The van der Waals surface area contributed by atoms with Crippen LogP contribution in [0.3, 0.4) is 0 Å². The monoisotopic (exact) mass is 448 g/mol. The van der Waals surface area contributed by atoms with Crippen molar-refractivity contribution >= 4 is 28.2 Å². The number of hydrogen-bond donors (Lipinski definition) is 3. The number of alkyl halides is 1. The van der Waals surface area contributed by atoms with E-state index in [4.69, 9.17) is 16.2 Å². The summed E-state index contributed by atoms with van der Waals surface area (Å²) in [6.45, 7) is 2.51. The van der Waals surface area contributed by atoms with E-state index >= 15 is 4.39 Å². The van der Waals surface area contributed by atoms with E-state index in [1.165, 1.54) is 4.57 Å². The lowest BCUT2D eigenvalue weighted by atomic mass is 9.95. The Labute approximate surface area is 182 Å². The van der Waals surface area contributed by atoms with Gasteiger partial charge in [0.1, 0.15) is 11.7 Å². The van der Waals surface area contributed by atoms with E-state index in [-0.39, 0.29) is 40.6 Å². The average Bonchev–Trinajstić information content (AvgIpc) is 3.62. The van der Waals surface area contributed by atoms with Crippen molar-refractivity contribution in [1.82, 2.24) is 4.57 Å². The largest absolute Gasteiger partial charge is 0.477 e. The van der Waals surface area contributed by atoms with Crippen LogP contribution in [0.5, 0.6) is 0 Å². The number of carbonyl (C=O) groups is 1. The molecule has 4 atom stereocenters. The zero-order valence-corrected chi connectivity index (χ0v) is 17.9. The summed E-state index contributed by atoms with van der Waals surface area (Å²) in [6.07, 6.45) is 1.74. The van der Waals surface area contributed by atoms with E-state index in [2.05, 4.69) is 0 Å². The summed E-state index contributed by atoms with van der Waals surface area (Å²) < 4.78 is 36.8. The van der Waals surface area contributed by atoms with E-state index in [0.29, 0.717) is 18.7 Å². The van der Waals surface area contributed by atoms with Crippen LogP contribution in [0.2, 0.25) is 0 Å². The molecule has 5 rings (SSSR count). The highest BCUT2D eigenvalue weighted by Gasteiger charge is 2.53. The summed E-state index contributed by atoms with van der Waals surface area (Å²) in [7, 11) is 1.60. The number of nitrogen functional groups attached to an aromatic ring is 1. The van der Waals surface area contributed by atoms with Gasteiger partial charge in [0.05, 0.1) is 34.4 Å². The van der Waals surface area contributed by atoms with E-state index in [1.54, 1.807) is 14.0 Å². The van der Waals surface area contributed by atoms with Gasteiger partial charge in [0.25, 0.3) is 0 Å². The smallest absolute Gasteiger partial charge is 0.341 e. The molecule has 2 saturated carbocycles. The molecule has 2 heterocycles. The molecule has 1 aliphatic heterocycles. The Morgan fingerprint density at radius 1 is 1.34 bits per heavy atom. The van der Waals surface area contributed by atoms with E-state index in [1.807, 2.05) is 4.90 Å². The fraction of sp³-hybridized carbons (Fsp3) is 0.545. The molecule has 0 spiro atoms. The number of methoxy groups -OCH3 is 1. The second-order valence-corrected chi connectivity index (χ2v) is 9.35. The normalized spacial score (nSPS) is 28.3. The SMILES string of the molecule is COC1CN(c2c(F)c(N)c3c(=O)c(C(=O)O)cn([C@@H]4C[C@H]4F)c3c2C)CC1C1(N)CC1. The Morgan fingerprint density at radius 3 is 2.53 bits per heavy atom. The molecule has 1 saturated heterocycles. The summed E-state index contributed by atoms with van der Waals surface area (Å²) in [5, 5.41) is 9.24. The van der Waals surface area contributed by atoms with Crippen molar-refractivity contribution in [2.45, 2.75) is 50.0 Å². The first-order valence-corrected chi connectivity index (χ1v) is 10.7. The van der Waals surface area contributed by atoms with Crippen LogP contribution in [0.25, 0.3) is 10.9 Å². The number of hydrogen-bond acceptors (Lipinski definition) is 6. The Kier molecular flexibility index (Phi) is 4.55. The fourth-order valence-electron chi connectivity index (χ4n) is 5.27. The quantitative estimate of drug-likeness (QED) is 0.598. The van der Waals surface area contributed by atoms with Crippen LogP contribution in [0, 0.1) is 18.7 Å². The highest BCUT2D eigenvalue weighted by Crippen LogP contribution is 2.48. The van der Waals surface area contributed by atoms with Crippen LogP contribution in [0.1, 0.15) is 41.2 Å². The summed E-state index contributed by atoms with van der Waals surface area (Å²) in [6, 6.07) is -0.621. The Balaban J connectivity index is 1.73. The molecule has 1 aromatic carbocycles. The summed E-state index contributed by atoms with van der Waals surface area (Å²) in [4.78, 5) is 26.4. The zero-order valence-electron chi connectivity index (χ0n) is 17.9. The van der Waals surface area contributed by atoms with Crippen LogP contribution in [-0.4, -0.2) is 53.7 Å². The van der Waals surface area contributed by atoms with Crippen molar-refractivity contribution in [3.8, 4) is 0 Å². The number of fused-ring (bicyclic) bond motifs is 1. The van der Waals surface area contributed by atoms with Gasteiger partial charge in [0, 0.05) is 44.3 Å². The third-order valence-electron chi connectivity index (χ3n) is 7.38. The number of rotatable bonds is 5. The molecule has 0 amide bonds. The first kappa shape index (κ1) is 21.1. The summed E-state index contributed by atoms with van der Waals surface area (Å²) in [5.74, 6) is -2.24. The number of ether oxygens (including phenoxy) is 1. The number of pyridine rings is 1. The molecular formula is C22H26F2N4O4. The predicted molar refractivity (Wildman–Crippen MR) is 115 cm³/mol. The van der Waals surface area contributed by atoms with Crippen molar-refractivity contribution in [2.24, 2.45) is 11.7 Å². The first-order valence-electron chi connectivity index (χ1n) is 10.7. The predicted octanol–water partition coefficient (Wildman–Crippen LogP) is 1.95. The molecule has 8 nitrogen and oxygen atoms in total. The van der Waals surface area contributed by atoms with Crippen molar-refractivity contribution in [3.05, 3.63) is 33.4 Å². The lowest BCUT2D eigenvalue weighted by Gasteiger charge is -2.26. The van der Waals surface area contributed by atoms with Crippen LogP contribution in [0.4, 0.5) is 20.2 Å². The highest BCUT2D eigenvalue weighted by molar-refractivity contribution is 6.01. The summed E-state index contributed by atoms with van der Waals surface area (Å²) >= 11 is 0. The number of carboxylic acid groups (broad SMARTS) is 1. The maximum Gasteiger partial charge on any atom is 0.341 e. The molecule has 2 unspecified atom stereocenters. The second-order valence-electron chi connectivity index (χ2n) is 9.35. The van der Waals surface area contributed by atoms with Gasteiger partial charge in [0.2, 0.25) is 5.43 Å². The van der Waals surface area contributed by atoms with Crippen LogP contribution in [0.15, 0.2) is 11.0 Å². The van der Waals surface area contributed by atoms with Gasteiger partial charge in [-0.05, 0) is 25.3 Å². The molecule has 3 aliphatic rings. The Bertz CT molecular complexity index is 1210. The second kappa shape index (κ2) is 6.89. The minimum absolute atomic E-state index is 0.0125. The van der Waals surface area contributed by atoms with Crippen LogP contribution in [-0.2, 0) is 4.74 Å². The number of anilines is 2. The van der Waals surface area contributed by atoms with Crippen LogP contribution >= 0.6 is 0 Å². The molecule has 0 radical (unpaired) electrons. The first-order chi connectivity index (χ1) is 15.1. The standard InChI is InChI=1S/C22H26F2N4O4/c1-9-18-15(20(29)10(21(30)31)6-28(18)13-5-12(13)23)17(25)16(24)19(9)27-7-11(14(8-27)32-2)22(26)3-4-22/h6,11-14H,3-5,7-8,25-26H2,1-2H3,(H,30,31)/t11?,12-,13-,14?/m1/s1. The zero-order chi connectivity index (χ0) is 23.1. The van der Waals surface area contributed by atoms with Gasteiger partial charge < -0.3 is 30.8 Å². The van der Waals surface area contributed by atoms with Gasteiger partial charge in [-0.25, -0.2) is 13.6 Å². The average molecular weight is 448 g/mol. The summed E-state index contributed by atoms with van der Waals surface area (Å²) in [5.41, 5.74) is 11.2. The van der Waals surface area contributed by atoms with Gasteiger partial charge in [0.15, 0.2) is 5.82 Å². The number of nitrogens with two attached hydrogens (primary N) is 2. The lowest BCUT2D eigenvalue weighted by Crippen LogP contribution is -2.40. The van der Waals surface area contributed by atoms with Gasteiger partial charge in [-0.2, -0.15) is 0 Å². The highest BCUT2D eigenvalue weighted by atomic mass is 19.1. The molecule has 5 N–H and O–H groups in total. The van der Waals surface area contributed by atoms with Crippen molar-refractivity contribution in [1.29, 1.82) is 0 Å². The Morgan fingerprint density at radius 2 is 2.00 bits per heavy atom. The molecular weight excluding hydrogens is 422 g/mol. The van der Waals surface area contributed by atoms with Crippen molar-refractivity contribution in [3.63, 3.8) is 0 Å². The van der Waals surface area contributed by atoms with E-state index < -0.39 is 40.7 Å². The number of aromatic carboxylic acids is 1. The molecule has 1 aromatic heterocycles. The third-order valence-corrected chi connectivity index (χ3v) is 7.38. The van der Waals surface area contributed by atoms with Crippen molar-refractivity contribution in [2.75, 3.05) is 30.8 Å². The molecule has 0 bridgehead atoms. The van der Waals surface area contributed by atoms with Crippen molar-refractivity contribution < 1.29 is 23.4 Å². The van der Waals surface area contributed by atoms with E-state index in [9.17, 15) is 19.1 Å². The minimum Gasteiger partial charge on any atom is -0.477 e. The number of halogens is 2. The fourth-order valence-corrected chi connectivity index (χ4v) is 5.27. The van der Waals surface area contributed by atoms with Gasteiger partial charge in [-0.1, -0.05) is 0 Å². The Hall–Kier alpha value is -2.72. The maximum atomic E-state index is 15.6. The van der Waals surface area contributed by atoms with Gasteiger partial charge >= 0.3 is 5.97 Å². The number of nitrogens with zero attached hydrogens (tertiary/aromatic N) is 2. The van der Waals surface area contributed by atoms with Crippen LogP contribution < -0.4 is 21.8 Å². The molecule has 2 aromatic rings. The molecule has 172 valence electrons. The number of aryl methyl sites for hydroxylation is 1. The van der Waals surface area contributed by atoms with E-state index in [0.717, 1.165) is 19.0 Å². The third kappa shape index (κ3) is 2.92. The molecule has 10 heteroatoms. The topological polar surface area (TPSA) is 124 Å². The number of carboxylic acids is 1. The molecule has 3 fully saturated rings. The number of aromatic nitrogens is 1. The number of benzene rings is 1. The maximum absolute atomic E-state index is 15.6. The van der Waals surface area contributed by atoms with Gasteiger partial charge in [-0.3, -0.25) is 4.79 Å². The molecule has 32 heavy (non-hydrogen) atoms. The minimum atomic E-state index is -1.47.